The van der Waals surface area contributed by atoms with Crippen LogP contribution >= 0.6 is 24.0 Å². The third-order valence-corrected chi connectivity index (χ3v) is 3.16. The Bertz CT molecular complexity index is 434. The number of rotatable bonds is 6. The molecule has 1 saturated carbocycles. The third-order valence-electron chi connectivity index (χ3n) is 3.16. The summed E-state index contributed by atoms with van der Waals surface area (Å²) >= 11 is 0. The fraction of sp³-hybridized carbons (Fsp3) is 0.769. The fourth-order valence-corrected chi connectivity index (χ4v) is 1.88. The van der Waals surface area contributed by atoms with Gasteiger partial charge in [-0.1, -0.05) is 12.1 Å². The van der Waals surface area contributed by atoms with Gasteiger partial charge >= 0.3 is 0 Å². The maximum Gasteiger partial charge on any atom is 0.226 e. The maximum atomic E-state index is 5.07. The SMILES string of the molecule is CCNC(=NCCCc1nc(C)no1)NC1CC1C.I. The van der Waals surface area contributed by atoms with Gasteiger partial charge in [0.25, 0.3) is 0 Å². The molecule has 1 fully saturated rings. The lowest BCUT2D eigenvalue weighted by Gasteiger charge is -2.10. The molecule has 0 saturated heterocycles. The molecule has 114 valence electrons. The van der Waals surface area contributed by atoms with E-state index in [1.807, 2.05) is 6.92 Å². The monoisotopic (exact) mass is 393 g/mol. The average Bonchev–Trinajstić information content (AvgIpc) is 2.89. The number of hydrogen-bond acceptors (Lipinski definition) is 4. The van der Waals surface area contributed by atoms with Crippen LogP contribution in [0.5, 0.6) is 0 Å². The minimum Gasteiger partial charge on any atom is -0.357 e. The van der Waals surface area contributed by atoms with Crippen LogP contribution in [0.4, 0.5) is 0 Å². The number of aryl methyl sites for hydroxylation is 2. The summed E-state index contributed by atoms with van der Waals surface area (Å²) in [7, 11) is 0. The number of hydrogen-bond donors (Lipinski definition) is 2. The molecule has 2 unspecified atom stereocenters. The van der Waals surface area contributed by atoms with Crippen molar-refractivity contribution in [2.75, 3.05) is 13.1 Å². The molecule has 0 bridgehead atoms. The van der Waals surface area contributed by atoms with Crippen molar-refractivity contribution >= 4 is 29.9 Å². The number of guanidine groups is 1. The van der Waals surface area contributed by atoms with Crippen molar-refractivity contribution in [3.05, 3.63) is 11.7 Å². The lowest BCUT2D eigenvalue weighted by molar-refractivity contribution is 0.372. The van der Waals surface area contributed by atoms with Gasteiger partial charge in [-0.15, -0.1) is 24.0 Å². The molecule has 6 nitrogen and oxygen atoms in total. The van der Waals surface area contributed by atoms with Crippen molar-refractivity contribution < 1.29 is 4.52 Å². The Morgan fingerprint density at radius 1 is 1.50 bits per heavy atom. The summed E-state index contributed by atoms with van der Waals surface area (Å²) in [5, 5.41) is 10.5. The number of nitrogens with one attached hydrogen (secondary N) is 2. The summed E-state index contributed by atoms with van der Waals surface area (Å²) in [5.74, 6) is 3.07. The number of aliphatic imine (C=N–C) groups is 1. The molecule has 1 aliphatic rings. The summed E-state index contributed by atoms with van der Waals surface area (Å²) in [4.78, 5) is 8.73. The smallest absolute Gasteiger partial charge is 0.226 e. The predicted molar refractivity (Wildman–Crippen MR) is 89.5 cm³/mol. The van der Waals surface area contributed by atoms with Crippen LogP contribution in [0.25, 0.3) is 0 Å². The van der Waals surface area contributed by atoms with Crippen LogP contribution in [-0.4, -0.2) is 35.2 Å². The van der Waals surface area contributed by atoms with E-state index in [0.29, 0.717) is 17.8 Å². The highest BCUT2D eigenvalue weighted by molar-refractivity contribution is 14.0. The van der Waals surface area contributed by atoms with E-state index in [-0.39, 0.29) is 24.0 Å². The van der Waals surface area contributed by atoms with Crippen molar-refractivity contribution in [3.8, 4) is 0 Å². The van der Waals surface area contributed by atoms with E-state index in [2.05, 4.69) is 39.6 Å². The zero-order valence-electron chi connectivity index (χ0n) is 12.3. The highest BCUT2D eigenvalue weighted by Gasteiger charge is 2.33. The molecule has 20 heavy (non-hydrogen) atoms. The van der Waals surface area contributed by atoms with Crippen LogP contribution in [0, 0.1) is 12.8 Å². The molecule has 2 N–H and O–H groups in total. The second kappa shape index (κ2) is 8.43. The summed E-state index contributed by atoms with van der Waals surface area (Å²) in [6.45, 7) is 7.80. The molecule has 0 radical (unpaired) electrons. The molecule has 1 aromatic rings. The van der Waals surface area contributed by atoms with Crippen molar-refractivity contribution in [2.24, 2.45) is 10.9 Å². The van der Waals surface area contributed by atoms with Gasteiger partial charge in [-0.2, -0.15) is 4.98 Å². The Balaban J connectivity index is 0.00000200. The summed E-state index contributed by atoms with van der Waals surface area (Å²) < 4.78 is 5.07. The van der Waals surface area contributed by atoms with E-state index in [4.69, 9.17) is 4.52 Å². The quantitative estimate of drug-likeness (QED) is 0.334. The molecular formula is C13H24IN5O. The average molecular weight is 393 g/mol. The van der Waals surface area contributed by atoms with Crippen LogP contribution < -0.4 is 10.6 Å². The van der Waals surface area contributed by atoms with Crippen molar-refractivity contribution in [1.29, 1.82) is 0 Å². The van der Waals surface area contributed by atoms with Gasteiger partial charge in [0, 0.05) is 25.6 Å². The standard InChI is InChI=1S/C13H23N5O.HI/c1-4-14-13(17-11-8-9(11)2)15-7-5-6-12-16-10(3)18-19-12;/h9,11H,4-8H2,1-3H3,(H2,14,15,17);1H. The van der Waals surface area contributed by atoms with Gasteiger partial charge in [0.1, 0.15) is 0 Å². The van der Waals surface area contributed by atoms with Crippen LogP contribution in [-0.2, 0) is 6.42 Å². The fourth-order valence-electron chi connectivity index (χ4n) is 1.88. The zero-order valence-corrected chi connectivity index (χ0v) is 14.7. The van der Waals surface area contributed by atoms with E-state index in [0.717, 1.165) is 37.8 Å². The molecule has 1 aromatic heterocycles. The topological polar surface area (TPSA) is 75.3 Å². The summed E-state index contributed by atoms with van der Waals surface area (Å²) in [6, 6.07) is 0.594. The van der Waals surface area contributed by atoms with E-state index >= 15 is 0 Å². The minimum atomic E-state index is 0. The van der Waals surface area contributed by atoms with E-state index < -0.39 is 0 Å². The lowest BCUT2D eigenvalue weighted by Crippen LogP contribution is -2.39. The molecule has 2 rings (SSSR count). The first-order valence-electron chi connectivity index (χ1n) is 7.03. The molecular weight excluding hydrogens is 369 g/mol. The molecule has 1 aliphatic carbocycles. The van der Waals surface area contributed by atoms with Gasteiger partial charge in [0.2, 0.25) is 5.89 Å². The normalized spacial score (nSPS) is 21.2. The molecule has 7 heteroatoms. The van der Waals surface area contributed by atoms with E-state index in [1.165, 1.54) is 6.42 Å². The third kappa shape index (κ3) is 5.64. The Morgan fingerprint density at radius 2 is 2.25 bits per heavy atom. The van der Waals surface area contributed by atoms with Crippen molar-refractivity contribution in [2.45, 2.75) is 46.1 Å². The van der Waals surface area contributed by atoms with Crippen molar-refractivity contribution in [1.82, 2.24) is 20.8 Å². The van der Waals surface area contributed by atoms with Gasteiger partial charge in [-0.25, -0.2) is 0 Å². The van der Waals surface area contributed by atoms with Gasteiger partial charge in [0.15, 0.2) is 11.8 Å². The number of halogens is 1. The van der Waals surface area contributed by atoms with Gasteiger partial charge < -0.3 is 15.2 Å². The highest BCUT2D eigenvalue weighted by Crippen LogP contribution is 2.28. The van der Waals surface area contributed by atoms with Gasteiger partial charge in [-0.3, -0.25) is 4.99 Å². The first-order chi connectivity index (χ1) is 9.19. The zero-order chi connectivity index (χ0) is 13.7. The number of nitrogens with zero attached hydrogens (tertiary/aromatic N) is 3. The van der Waals surface area contributed by atoms with Gasteiger partial charge in [-0.05, 0) is 32.6 Å². The predicted octanol–water partition coefficient (Wildman–Crippen LogP) is 1.89. The molecule has 0 spiro atoms. The minimum absolute atomic E-state index is 0. The van der Waals surface area contributed by atoms with E-state index in [9.17, 15) is 0 Å². The molecule has 2 atom stereocenters. The first-order valence-corrected chi connectivity index (χ1v) is 7.03. The Kier molecular flexibility index (Phi) is 7.25. The van der Waals surface area contributed by atoms with E-state index in [1.54, 1.807) is 0 Å². The summed E-state index contributed by atoms with van der Waals surface area (Å²) in [6.07, 6.45) is 2.94. The number of aromatic nitrogens is 2. The largest absolute Gasteiger partial charge is 0.357 e. The Hall–Kier alpha value is -0.860. The second-order valence-electron chi connectivity index (χ2n) is 5.06. The molecule has 1 heterocycles. The van der Waals surface area contributed by atoms with Gasteiger partial charge in [0.05, 0.1) is 0 Å². The first kappa shape index (κ1) is 17.2. The van der Waals surface area contributed by atoms with Crippen LogP contribution in [0.3, 0.4) is 0 Å². The van der Waals surface area contributed by atoms with Crippen LogP contribution in [0.15, 0.2) is 9.52 Å². The second-order valence-corrected chi connectivity index (χ2v) is 5.06. The van der Waals surface area contributed by atoms with Crippen LogP contribution in [0.2, 0.25) is 0 Å². The Labute approximate surface area is 137 Å². The lowest BCUT2D eigenvalue weighted by atomic mass is 10.3. The molecule has 0 aliphatic heterocycles. The maximum absolute atomic E-state index is 5.07. The highest BCUT2D eigenvalue weighted by atomic mass is 127. The van der Waals surface area contributed by atoms with Crippen molar-refractivity contribution in [3.63, 3.8) is 0 Å². The van der Waals surface area contributed by atoms with Crippen LogP contribution in [0.1, 0.15) is 38.4 Å². The Morgan fingerprint density at radius 3 is 2.80 bits per heavy atom. The molecule has 0 aromatic carbocycles. The summed E-state index contributed by atoms with van der Waals surface area (Å²) in [5.41, 5.74) is 0. The molecule has 0 amide bonds.